The molecular formula is C12H24N4. The van der Waals surface area contributed by atoms with Crippen LogP contribution in [0, 0.1) is 5.92 Å². The van der Waals surface area contributed by atoms with Gasteiger partial charge >= 0.3 is 0 Å². The zero-order valence-electron chi connectivity index (χ0n) is 10.6. The van der Waals surface area contributed by atoms with Crippen LogP contribution >= 0.6 is 0 Å². The predicted molar refractivity (Wildman–Crippen MR) is 66.7 cm³/mol. The van der Waals surface area contributed by atoms with Crippen LogP contribution in [0.2, 0.25) is 0 Å². The summed E-state index contributed by atoms with van der Waals surface area (Å²) >= 11 is 0. The maximum atomic E-state index is 5.65. The maximum absolute atomic E-state index is 5.65. The topological polar surface area (TPSA) is 55.9 Å². The van der Waals surface area contributed by atoms with Gasteiger partial charge in [-0.2, -0.15) is 5.10 Å². The molecule has 1 heterocycles. The lowest BCUT2D eigenvalue weighted by Gasteiger charge is -2.23. The van der Waals surface area contributed by atoms with Crippen LogP contribution in [0.1, 0.15) is 51.6 Å². The zero-order valence-corrected chi connectivity index (χ0v) is 10.6. The molecule has 1 unspecified atom stereocenters. The molecule has 0 fully saturated rings. The van der Waals surface area contributed by atoms with Gasteiger partial charge in [0.05, 0.1) is 12.2 Å². The van der Waals surface area contributed by atoms with Crippen LogP contribution in [0.4, 0.5) is 0 Å². The van der Waals surface area contributed by atoms with Gasteiger partial charge in [-0.3, -0.25) is 16.0 Å². The molecule has 0 aromatic carbocycles. The van der Waals surface area contributed by atoms with Crippen molar-refractivity contribution in [2.45, 2.75) is 52.6 Å². The van der Waals surface area contributed by atoms with Gasteiger partial charge < -0.3 is 0 Å². The van der Waals surface area contributed by atoms with E-state index in [2.05, 4.69) is 37.5 Å². The molecule has 0 aliphatic carbocycles. The maximum Gasteiger partial charge on any atom is 0.0538 e. The van der Waals surface area contributed by atoms with Gasteiger partial charge in [-0.05, 0) is 12.3 Å². The van der Waals surface area contributed by atoms with E-state index in [9.17, 15) is 0 Å². The monoisotopic (exact) mass is 224 g/mol. The van der Waals surface area contributed by atoms with Crippen LogP contribution in [0.3, 0.4) is 0 Å². The van der Waals surface area contributed by atoms with Crippen molar-refractivity contribution in [3.8, 4) is 0 Å². The van der Waals surface area contributed by atoms with Crippen LogP contribution in [-0.4, -0.2) is 9.78 Å². The Labute approximate surface area is 98.2 Å². The summed E-state index contributed by atoms with van der Waals surface area (Å²) in [6, 6.07) is 0.223. The lowest BCUT2D eigenvalue weighted by molar-refractivity contribution is 0.345. The second-order valence-corrected chi connectivity index (χ2v) is 4.26. The van der Waals surface area contributed by atoms with E-state index in [0.717, 1.165) is 25.8 Å². The van der Waals surface area contributed by atoms with Gasteiger partial charge in [0.25, 0.3) is 0 Å². The highest BCUT2D eigenvalue weighted by Gasteiger charge is 2.20. The molecule has 1 aromatic heterocycles. The second kappa shape index (κ2) is 6.66. The van der Waals surface area contributed by atoms with Crippen molar-refractivity contribution in [3.05, 3.63) is 18.0 Å². The fourth-order valence-corrected chi connectivity index (χ4v) is 2.16. The number of nitrogens with zero attached hydrogens (tertiary/aromatic N) is 2. The van der Waals surface area contributed by atoms with Gasteiger partial charge in [0.2, 0.25) is 0 Å². The van der Waals surface area contributed by atoms with Crippen molar-refractivity contribution in [3.63, 3.8) is 0 Å². The molecule has 1 aromatic rings. The molecule has 0 aliphatic rings. The number of rotatable bonds is 7. The Morgan fingerprint density at radius 2 is 2.06 bits per heavy atom. The first-order chi connectivity index (χ1) is 7.76. The van der Waals surface area contributed by atoms with Crippen LogP contribution in [-0.2, 0) is 6.54 Å². The summed E-state index contributed by atoms with van der Waals surface area (Å²) in [6.07, 6.45) is 7.40. The first kappa shape index (κ1) is 13.2. The van der Waals surface area contributed by atoms with E-state index in [0.29, 0.717) is 5.92 Å². The molecule has 0 aliphatic heterocycles. The first-order valence-electron chi connectivity index (χ1n) is 6.25. The van der Waals surface area contributed by atoms with Gasteiger partial charge in [-0.25, -0.2) is 0 Å². The molecule has 4 nitrogen and oxygen atoms in total. The molecular weight excluding hydrogens is 200 g/mol. The van der Waals surface area contributed by atoms with Crippen LogP contribution < -0.4 is 11.3 Å². The number of aromatic nitrogens is 2. The van der Waals surface area contributed by atoms with Crippen molar-refractivity contribution in [1.29, 1.82) is 0 Å². The lowest BCUT2D eigenvalue weighted by atomic mass is 9.91. The Kier molecular flexibility index (Phi) is 5.49. The fraction of sp³-hybridized carbons (Fsp3) is 0.750. The third kappa shape index (κ3) is 3.06. The molecule has 0 saturated heterocycles. The van der Waals surface area contributed by atoms with E-state index in [1.54, 1.807) is 0 Å². The van der Waals surface area contributed by atoms with Crippen molar-refractivity contribution < 1.29 is 0 Å². The van der Waals surface area contributed by atoms with Gasteiger partial charge in [0.1, 0.15) is 0 Å². The van der Waals surface area contributed by atoms with Crippen LogP contribution in [0.5, 0.6) is 0 Å². The number of hydrazine groups is 1. The Hall–Kier alpha value is -0.870. The molecule has 0 spiro atoms. The number of aryl methyl sites for hydroxylation is 1. The molecule has 3 N–H and O–H groups in total. The highest BCUT2D eigenvalue weighted by molar-refractivity contribution is 5.11. The van der Waals surface area contributed by atoms with Crippen molar-refractivity contribution in [1.82, 2.24) is 15.2 Å². The van der Waals surface area contributed by atoms with E-state index in [4.69, 9.17) is 5.84 Å². The zero-order chi connectivity index (χ0) is 12.0. The van der Waals surface area contributed by atoms with Gasteiger partial charge in [0.15, 0.2) is 0 Å². The average Bonchev–Trinajstić information content (AvgIpc) is 2.74. The summed E-state index contributed by atoms with van der Waals surface area (Å²) in [6.45, 7) is 7.53. The Morgan fingerprint density at radius 3 is 2.56 bits per heavy atom. The molecule has 0 amide bonds. The smallest absolute Gasteiger partial charge is 0.0538 e. The molecule has 1 atom stereocenters. The predicted octanol–water partition coefficient (Wildman–Crippen LogP) is 2.23. The van der Waals surface area contributed by atoms with Crippen molar-refractivity contribution in [2.24, 2.45) is 11.8 Å². The van der Waals surface area contributed by atoms with Crippen molar-refractivity contribution in [2.75, 3.05) is 0 Å². The van der Waals surface area contributed by atoms with Gasteiger partial charge in [-0.1, -0.05) is 33.6 Å². The summed E-state index contributed by atoms with van der Waals surface area (Å²) in [4.78, 5) is 0. The summed E-state index contributed by atoms with van der Waals surface area (Å²) in [7, 11) is 0. The highest BCUT2D eigenvalue weighted by Crippen LogP contribution is 2.26. The van der Waals surface area contributed by atoms with E-state index < -0.39 is 0 Å². The van der Waals surface area contributed by atoms with E-state index in [-0.39, 0.29) is 6.04 Å². The number of nitrogens with one attached hydrogen (secondary N) is 1. The summed E-state index contributed by atoms with van der Waals surface area (Å²) in [5.74, 6) is 6.23. The van der Waals surface area contributed by atoms with E-state index in [1.165, 1.54) is 5.56 Å². The standard InChI is InChI=1S/C12H24N4/c1-4-7-16-9-11(8-14-16)12(15-13)10(5-2)6-3/h8-10,12,15H,4-7,13H2,1-3H3. The van der Waals surface area contributed by atoms with Crippen molar-refractivity contribution >= 4 is 0 Å². The minimum atomic E-state index is 0.223. The largest absolute Gasteiger partial charge is 0.272 e. The van der Waals surface area contributed by atoms with E-state index in [1.807, 2.05) is 10.9 Å². The van der Waals surface area contributed by atoms with E-state index >= 15 is 0 Å². The number of hydrogen-bond acceptors (Lipinski definition) is 3. The summed E-state index contributed by atoms with van der Waals surface area (Å²) in [5, 5.41) is 4.35. The molecule has 0 radical (unpaired) electrons. The fourth-order valence-electron chi connectivity index (χ4n) is 2.16. The summed E-state index contributed by atoms with van der Waals surface area (Å²) in [5.41, 5.74) is 4.12. The van der Waals surface area contributed by atoms with Gasteiger partial charge in [-0.15, -0.1) is 0 Å². The quantitative estimate of drug-likeness (QED) is 0.551. The lowest BCUT2D eigenvalue weighted by Crippen LogP contribution is -2.33. The molecule has 16 heavy (non-hydrogen) atoms. The van der Waals surface area contributed by atoms with Crippen LogP contribution in [0.25, 0.3) is 0 Å². The molecule has 4 heteroatoms. The Balaban J connectivity index is 2.77. The van der Waals surface area contributed by atoms with Gasteiger partial charge in [0, 0.05) is 18.3 Å². The van der Waals surface area contributed by atoms with Crippen LogP contribution in [0.15, 0.2) is 12.4 Å². The minimum Gasteiger partial charge on any atom is -0.272 e. The SMILES string of the molecule is CCCn1cc(C(NN)C(CC)CC)cn1. The average molecular weight is 224 g/mol. The third-order valence-electron chi connectivity index (χ3n) is 3.16. The molecule has 0 saturated carbocycles. The molecule has 0 bridgehead atoms. The minimum absolute atomic E-state index is 0.223. The highest BCUT2D eigenvalue weighted by atomic mass is 15.3. The third-order valence-corrected chi connectivity index (χ3v) is 3.16. The first-order valence-corrected chi connectivity index (χ1v) is 6.25. The number of nitrogens with two attached hydrogens (primary N) is 1. The second-order valence-electron chi connectivity index (χ2n) is 4.26. The molecule has 1 rings (SSSR count). The molecule has 92 valence electrons. The number of hydrogen-bond donors (Lipinski definition) is 2. The normalized spacial score (nSPS) is 13.3. The Morgan fingerprint density at radius 1 is 1.38 bits per heavy atom. The summed E-state index contributed by atoms with van der Waals surface area (Å²) < 4.78 is 1.99. The Bertz CT molecular complexity index is 291.